The molecule has 0 aliphatic rings. The van der Waals surface area contributed by atoms with Crippen molar-refractivity contribution in [3.63, 3.8) is 0 Å². The predicted octanol–water partition coefficient (Wildman–Crippen LogP) is 3.91. The number of aryl methyl sites for hydroxylation is 1. The van der Waals surface area contributed by atoms with Gasteiger partial charge in [0.2, 0.25) is 15.8 Å². The monoisotopic (exact) mass is 407 g/mol. The van der Waals surface area contributed by atoms with Gasteiger partial charge in [0.05, 0.1) is 17.2 Å². The van der Waals surface area contributed by atoms with Crippen molar-refractivity contribution >= 4 is 10.0 Å². The molecule has 144 valence electrons. The van der Waals surface area contributed by atoms with Crippen LogP contribution in [0.5, 0.6) is 0 Å². The summed E-state index contributed by atoms with van der Waals surface area (Å²) in [5.41, 5.74) is 0.978. The highest BCUT2D eigenvalue weighted by molar-refractivity contribution is 7.89. The van der Waals surface area contributed by atoms with E-state index >= 15 is 0 Å². The van der Waals surface area contributed by atoms with Gasteiger partial charge in [-0.2, -0.15) is 5.26 Å². The Morgan fingerprint density at radius 3 is 2.43 bits per heavy atom. The lowest BCUT2D eigenvalue weighted by Gasteiger charge is -2.08. The molecule has 0 bridgehead atoms. The van der Waals surface area contributed by atoms with Crippen molar-refractivity contribution in [2.75, 3.05) is 0 Å². The van der Waals surface area contributed by atoms with E-state index in [0.29, 0.717) is 16.7 Å². The van der Waals surface area contributed by atoms with Gasteiger partial charge in [0.1, 0.15) is 16.4 Å². The van der Waals surface area contributed by atoms with Gasteiger partial charge in [-0.25, -0.2) is 26.7 Å². The fourth-order valence-corrected chi connectivity index (χ4v) is 3.29. The van der Waals surface area contributed by atoms with E-state index in [1.54, 1.807) is 19.1 Å². The molecule has 0 spiro atoms. The molecule has 0 atom stereocenters. The lowest BCUT2D eigenvalue weighted by Crippen LogP contribution is -2.14. The zero-order valence-corrected chi connectivity index (χ0v) is 15.1. The van der Waals surface area contributed by atoms with Crippen LogP contribution in [0.2, 0.25) is 0 Å². The van der Waals surface area contributed by atoms with E-state index in [1.807, 2.05) is 6.07 Å². The number of halogens is 3. The van der Waals surface area contributed by atoms with Crippen molar-refractivity contribution in [1.29, 1.82) is 5.26 Å². The van der Waals surface area contributed by atoms with Gasteiger partial charge in [0.25, 0.3) is 6.43 Å². The molecule has 0 unspecified atom stereocenters. The molecule has 0 saturated carbocycles. The molecule has 3 aromatic rings. The van der Waals surface area contributed by atoms with Gasteiger partial charge in [-0.1, -0.05) is 23.4 Å². The first kappa shape index (κ1) is 19.6. The van der Waals surface area contributed by atoms with Crippen LogP contribution in [0, 0.1) is 24.1 Å². The maximum atomic E-state index is 14.2. The van der Waals surface area contributed by atoms with E-state index in [9.17, 15) is 26.9 Å². The zero-order chi connectivity index (χ0) is 20.6. The van der Waals surface area contributed by atoms with E-state index in [-0.39, 0.29) is 16.8 Å². The van der Waals surface area contributed by atoms with E-state index in [0.717, 1.165) is 18.2 Å². The molecule has 0 saturated heterocycles. The molecule has 1 heterocycles. The molecule has 10 heteroatoms. The topological polar surface area (TPSA) is 110 Å². The molecule has 0 amide bonds. The number of nitrogens with two attached hydrogens (primary N) is 1. The molecule has 0 radical (unpaired) electrons. The van der Waals surface area contributed by atoms with E-state index in [2.05, 4.69) is 5.16 Å². The largest absolute Gasteiger partial charge is 0.354 e. The average molecular weight is 407 g/mol. The Morgan fingerprint density at radius 1 is 1.18 bits per heavy atom. The Morgan fingerprint density at radius 2 is 1.86 bits per heavy atom. The number of hydrogen-bond donors (Lipinski definition) is 1. The van der Waals surface area contributed by atoms with Crippen LogP contribution >= 0.6 is 0 Å². The Kier molecular flexibility index (Phi) is 4.97. The minimum absolute atomic E-state index is 0.0328. The minimum atomic E-state index is -4.32. The smallest absolute Gasteiger partial charge is 0.298 e. The van der Waals surface area contributed by atoms with Crippen LogP contribution in [0.15, 0.2) is 45.8 Å². The molecule has 0 aliphatic heterocycles. The lowest BCUT2D eigenvalue weighted by atomic mass is 9.97. The van der Waals surface area contributed by atoms with E-state index in [1.165, 1.54) is 6.07 Å². The molecule has 2 aromatic carbocycles. The van der Waals surface area contributed by atoms with Gasteiger partial charge in [0, 0.05) is 5.56 Å². The summed E-state index contributed by atoms with van der Waals surface area (Å²) in [5.74, 6) is -2.01. The number of nitriles is 1. The Hall–Kier alpha value is -3.16. The molecule has 0 aliphatic carbocycles. The maximum absolute atomic E-state index is 14.2. The third-order valence-electron chi connectivity index (χ3n) is 4.08. The number of sulfonamides is 1. The minimum Gasteiger partial charge on any atom is -0.354 e. The summed E-state index contributed by atoms with van der Waals surface area (Å²) in [6, 6.07) is 9.36. The highest BCUT2D eigenvalue weighted by atomic mass is 32.2. The van der Waals surface area contributed by atoms with Gasteiger partial charge >= 0.3 is 0 Å². The third kappa shape index (κ3) is 3.49. The van der Waals surface area contributed by atoms with E-state index in [4.69, 9.17) is 9.66 Å². The van der Waals surface area contributed by atoms with Crippen LogP contribution in [0.25, 0.3) is 22.4 Å². The number of aromatic nitrogens is 1. The lowest BCUT2D eigenvalue weighted by molar-refractivity contribution is 0.113. The summed E-state index contributed by atoms with van der Waals surface area (Å²) in [5, 5.41) is 17.8. The molecule has 28 heavy (non-hydrogen) atoms. The second-order valence-corrected chi connectivity index (χ2v) is 7.43. The number of benzene rings is 2. The second-order valence-electron chi connectivity index (χ2n) is 5.90. The summed E-state index contributed by atoms with van der Waals surface area (Å²) in [6.07, 6.45) is -3.06. The Balaban J connectivity index is 2.25. The SMILES string of the molecule is Cc1ccc(-c2noc(C(F)F)c2-c2ccc(S(N)(=O)=O)c(F)c2)cc1C#N. The van der Waals surface area contributed by atoms with Crippen LogP contribution in [-0.4, -0.2) is 13.6 Å². The summed E-state index contributed by atoms with van der Waals surface area (Å²) in [4.78, 5) is -0.769. The predicted molar refractivity (Wildman–Crippen MR) is 93.1 cm³/mol. The Bertz CT molecular complexity index is 1210. The van der Waals surface area contributed by atoms with Gasteiger partial charge in [-0.05, 0) is 36.2 Å². The zero-order valence-electron chi connectivity index (χ0n) is 14.3. The van der Waals surface area contributed by atoms with Gasteiger partial charge in [-0.3, -0.25) is 0 Å². The number of alkyl halides is 2. The summed E-state index contributed by atoms with van der Waals surface area (Å²) in [6.45, 7) is 1.71. The van der Waals surface area contributed by atoms with Crippen molar-refractivity contribution in [2.24, 2.45) is 5.14 Å². The van der Waals surface area contributed by atoms with Crippen molar-refractivity contribution in [3.05, 3.63) is 59.1 Å². The first-order valence-corrected chi connectivity index (χ1v) is 9.29. The van der Waals surface area contributed by atoms with Gasteiger partial charge in [0.15, 0.2) is 0 Å². The van der Waals surface area contributed by atoms with Crippen LogP contribution < -0.4 is 5.14 Å². The van der Waals surface area contributed by atoms with E-state index < -0.39 is 32.9 Å². The van der Waals surface area contributed by atoms with Crippen LogP contribution in [-0.2, 0) is 10.0 Å². The maximum Gasteiger partial charge on any atom is 0.298 e. The van der Waals surface area contributed by atoms with Crippen LogP contribution in [0.3, 0.4) is 0 Å². The summed E-state index contributed by atoms with van der Waals surface area (Å²) in [7, 11) is -4.32. The quantitative estimate of drug-likeness (QED) is 0.705. The highest BCUT2D eigenvalue weighted by Gasteiger charge is 2.27. The fraction of sp³-hybridized carbons (Fsp3) is 0.111. The molecule has 6 nitrogen and oxygen atoms in total. The van der Waals surface area contributed by atoms with Crippen LogP contribution in [0.1, 0.15) is 23.3 Å². The molecule has 1 aromatic heterocycles. The third-order valence-corrected chi connectivity index (χ3v) is 5.02. The molecule has 0 fully saturated rings. The molecule has 3 rings (SSSR count). The number of hydrogen-bond acceptors (Lipinski definition) is 5. The van der Waals surface area contributed by atoms with Crippen molar-refractivity contribution in [1.82, 2.24) is 5.16 Å². The van der Waals surface area contributed by atoms with Gasteiger partial charge < -0.3 is 4.52 Å². The van der Waals surface area contributed by atoms with Crippen molar-refractivity contribution in [2.45, 2.75) is 18.2 Å². The standard InChI is InChI=1S/C18H12F3N3O3S/c1-9-2-3-11(6-12(9)8-22)16-15(17(18(20)21)27-24-16)10-4-5-14(13(19)7-10)28(23,25)26/h2-7,18H,1H3,(H2,23,25,26). The number of rotatable bonds is 4. The first-order valence-electron chi connectivity index (χ1n) is 7.75. The van der Waals surface area contributed by atoms with Crippen molar-refractivity contribution in [3.8, 4) is 28.5 Å². The highest BCUT2D eigenvalue weighted by Crippen LogP contribution is 2.40. The number of nitrogens with zero attached hydrogens (tertiary/aromatic N) is 2. The van der Waals surface area contributed by atoms with Gasteiger partial charge in [-0.15, -0.1) is 0 Å². The first-order chi connectivity index (χ1) is 13.1. The van der Waals surface area contributed by atoms with Crippen LogP contribution in [0.4, 0.5) is 13.2 Å². The normalized spacial score (nSPS) is 11.6. The second kappa shape index (κ2) is 7.10. The molecule has 2 N–H and O–H groups in total. The Labute approximate surface area is 158 Å². The fourth-order valence-electron chi connectivity index (χ4n) is 2.70. The average Bonchev–Trinajstić information content (AvgIpc) is 3.06. The number of primary sulfonamides is 1. The molecular formula is C18H12F3N3O3S. The summed E-state index contributed by atoms with van der Waals surface area (Å²) >= 11 is 0. The van der Waals surface area contributed by atoms with Crippen molar-refractivity contribution < 1.29 is 26.1 Å². The summed E-state index contributed by atoms with van der Waals surface area (Å²) < 4.78 is 68.6. The molecular weight excluding hydrogens is 395 g/mol.